The molecule has 2 nitrogen and oxygen atoms in total. The molecule has 0 bridgehead atoms. The summed E-state index contributed by atoms with van der Waals surface area (Å²) in [6.07, 6.45) is -4.84. The third-order valence-electron chi connectivity index (χ3n) is 1.30. The number of halogens is 6. The lowest BCUT2D eigenvalue weighted by Crippen LogP contribution is -2.24. The third kappa shape index (κ3) is 3.55. The highest BCUT2D eigenvalue weighted by molar-refractivity contribution is 6.70. The number of alkyl halides is 6. The van der Waals surface area contributed by atoms with Crippen molar-refractivity contribution in [3.8, 4) is 0 Å². The highest BCUT2D eigenvalue weighted by atomic mass is 35.6. The van der Waals surface area contributed by atoms with Gasteiger partial charge in [0.1, 0.15) is 0 Å². The molecule has 0 rings (SSSR count). The van der Waals surface area contributed by atoms with Crippen molar-refractivity contribution in [3.05, 3.63) is 11.1 Å². The molecule has 0 heterocycles. The molecule has 0 fully saturated rings. The van der Waals surface area contributed by atoms with Gasteiger partial charge in [-0.15, -0.1) is 0 Å². The van der Waals surface area contributed by atoms with Crippen LogP contribution in [-0.2, 0) is 4.79 Å². The van der Waals surface area contributed by atoms with Gasteiger partial charge < -0.3 is 5.11 Å². The van der Waals surface area contributed by atoms with E-state index in [4.69, 9.17) is 39.9 Å². The number of hydrogen-bond acceptors (Lipinski definition) is 1. The van der Waals surface area contributed by atoms with E-state index in [0.29, 0.717) is 6.92 Å². The monoisotopic (exact) mass is 270 g/mol. The van der Waals surface area contributed by atoms with Crippen molar-refractivity contribution in [2.45, 2.75) is 16.9 Å². The van der Waals surface area contributed by atoms with Crippen LogP contribution in [-0.4, -0.2) is 21.0 Å². The summed E-state index contributed by atoms with van der Waals surface area (Å²) in [5.74, 6) is -1.92. The zero-order valence-corrected chi connectivity index (χ0v) is 8.89. The maximum Gasteiger partial charge on any atom is 0.413 e. The molecule has 0 aliphatic carbocycles. The number of carboxylic acids is 1. The second kappa shape index (κ2) is 4.16. The molecule has 0 aliphatic rings. The normalized spacial score (nSPS) is 15.1. The fourth-order valence-electron chi connectivity index (χ4n) is 0.636. The molecule has 0 spiro atoms. The Morgan fingerprint density at radius 1 is 1.21 bits per heavy atom. The summed E-state index contributed by atoms with van der Waals surface area (Å²) in [6.45, 7) is 0.533. The van der Waals surface area contributed by atoms with Crippen LogP contribution in [0, 0.1) is 0 Å². The first-order chi connectivity index (χ1) is 5.98. The molecule has 0 amide bonds. The second-order valence-electron chi connectivity index (χ2n) is 2.30. The zero-order valence-electron chi connectivity index (χ0n) is 6.62. The third-order valence-corrected chi connectivity index (χ3v) is 1.86. The molecule has 8 heteroatoms. The summed E-state index contributed by atoms with van der Waals surface area (Å²) in [6, 6.07) is 0. The Bertz CT molecular complexity index is 277. The molecule has 0 saturated carbocycles. The summed E-state index contributed by atoms with van der Waals surface area (Å²) < 4.78 is 33.7. The number of carbonyl (C=O) groups is 1. The van der Waals surface area contributed by atoms with Gasteiger partial charge in [-0.3, -0.25) is 0 Å². The zero-order chi connectivity index (χ0) is 11.7. The minimum absolute atomic E-state index is 0.533. The molecule has 0 saturated heterocycles. The molecule has 0 atom stereocenters. The van der Waals surface area contributed by atoms with Gasteiger partial charge in [-0.05, 0) is 6.92 Å². The number of allylic oxidation sites excluding steroid dienone is 1. The molecule has 0 aromatic heterocycles. The maximum absolute atomic E-state index is 12.1. The number of carboxylic acid groups (broad SMARTS) is 1. The topological polar surface area (TPSA) is 37.3 Å². The molecule has 1 N–H and O–H groups in total. The van der Waals surface area contributed by atoms with Crippen molar-refractivity contribution in [1.29, 1.82) is 0 Å². The van der Waals surface area contributed by atoms with Gasteiger partial charge in [0, 0.05) is 5.57 Å². The first-order valence-electron chi connectivity index (χ1n) is 3.06. The van der Waals surface area contributed by atoms with Crippen LogP contribution < -0.4 is 0 Å². The van der Waals surface area contributed by atoms with Gasteiger partial charge >= 0.3 is 12.1 Å². The summed E-state index contributed by atoms with van der Waals surface area (Å²) in [7, 11) is 0. The molecule has 14 heavy (non-hydrogen) atoms. The largest absolute Gasteiger partial charge is 0.478 e. The van der Waals surface area contributed by atoms with Crippen molar-refractivity contribution < 1.29 is 23.1 Å². The fourth-order valence-corrected chi connectivity index (χ4v) is 1.30. The Hall–Kier alpha value is -0.130. The smallest absolute Gasteiger partial charge is 0.413 e. The van der Waals surface area contributed by atoms with E-state index in [1.807, 2.05) is 0 Å². The number of hydrogen-bond donors (Lipinski definition) is 1. The van der Waals surface area contributed by atoms with Crippen molar-refractivity contribution in [2.24, 2.45) is 0 Å². The average Bonchev–Trinajstić information content (AvgIpc) is 1.79. The Morgan fingerprint density at radius 2 is 1.57 bits per heavy atom. The first-order valence-corrected chi connectivity index (χ1v) is 4.20. The van der Waals surface area contributed by atoms with Crippen LogP contribution in [0.2, 0.25) is 0 Å². The first kappa shape index (κ1) is 13.9. The Morgan fingerprint density at radius 3 is 1.64 bits per heavy atom. The van der Waals surface area contributed by atoms with Crippen LogP contribution in [0.1, 0.15) is 6.92 Å². The standard InChI is InChI=1S/C6H4Cl3F3O2/c1-2(6(10,11)12)3(4(13)14)5(7,8)9/h1H3,(H,13,14). The highest BCUT2D eigenvalue weighted by Gasteiger charge is 2.42. The number of aliphatic carboxylic acids is 1. The molecule has 0 aliphatic heterocycles. The average molecular weight is 271 g/mol. The van der Waals surface area contributed by atoms with Crippen LogP contribution >= 0.6 is 34.8 Å². The number of rotatable bonds is 1. The highest BCUT2D eigenvalue weighted by Crippen LogP contribution is 2.40. The Kier molecular flexibility index (Phi) is 4.12. The molecule has 0 aromatic carbocycles. The SMILES string of the molecule is CC(=C(C(=O)O)C(Cl)(Cl)Cl)C(F)(F)F. The van der Waals surface area contributed by atoms with Crippen LogP contribution in [0.15, 0.2) is 11.1 Å². The van der Waals surface area contributed by atoms with Gasteiger partial charge in [0.2, 0.25) is 3.79 Å². The summed E-state index contributed by atoms with van der Waals surface area (Å²) in [5, 5.41) is 8.43. The minimum Gasteiger partial charge on any atom is -0.478 e. The van der Waals surface area contributed by atoms with E-state index in [1.54, 1.807) is 0 Å². The quantitative estimate of drug-likeness (QED) is 0.587. The Labute approximate surface area is 92.2 Å². The van der Waals surface area contributed by atoms with E-state index in [2.05, 4.69) is 0 Å². The van der Waals surface area contributed by atoms with Crippen molar-refractivity contribution >= 4 is 40.8 Å². The second-order valence-corrected chi connectivity index (χ2v) is 4.58. The van der Waals surface area contributed by atoms with Gasteiger partial charge in [-0.2, -0.15) is 13.2 Å². The molecular weight excluding hydrogens is 267 g/mol. The molecule has 0 unspecified atom stereocenters. The van der Waals surface area contributed by atoms with E-state index in [0.717, 1.165) is 0 Å². The van der Waals surface area contributed by atoms with Crippen LogP contribution in [0.3, 0.4) is 0 Å². The lowest BCUT2D eigenvalue weighted by Gasteiger charge is -2.17. The van der Waals surface area contributed by atoms with Crippen LogP contribution in [0.25, 0.3) is 0 Å². The molecule has 0 aromatic rings. The van der Waals surface area contributed by atoms with Crippen molar-refractivity contribution in [2.75, 3.05) is 0 Å². The minimum atomic E-state index is -4.84. The fraction of sp³-hybridized carbons (Fsp3) is 0.500. The van der Waals surface area contributed by atoms with Crippen molar-refractivity contribution in [1.82, 2.24) is 0 Å². The van der Waals surface area contributed by atoms with Crippen LogP contribution in [0.4, 0.5) is 13.2 Å². The predicted octanol–water partition coefficient (Wildman–Crippen LogP) is 3.32. The van der Waals surface area contributed by atoms with E-state index < -0.39 is 27.1 Å². The molecule has 82 valence electrons. The van der Waals surface area contributed by atoms with Gasteiger partial charge in [0.15, 0.2) is 0 Å². The lowest BCUT2D eigenvalue weighted by atomic mass is 10.1. The van der Waals surface area contributed by atoms with E-state index in [-0.39, 0.29) is 0 Å². The predicted molar refractivity (Wildman–Crippen MR) is 46.7 cm³/mol. The summed E-state index contributed by atoms with van der Waals surface area (Å²) >= 11 is 15.3. The van der Waals surface area contributed by atoms with Gasteiger partial charge in [0.05, 0.1) is 5.57 Å². The lowest BCUT2D eigenvalue weighted by molar-refractivity contribution is -0.134. The molecular formula is C6H4Cl3F3O2. The summed E-state index contributed by atoms with van der Waals surface area (Å²) in [4.78, 5) is 10.4. The Balaban J connectivity index is 5.53. The summed E-state index contributed by atoms with van der Waals surface area (Å²) in [5.41, 5.74) is -2.74. The van der Waals surface area contributed by atoms with Crippen LogP contribution in [0.5, 0.6) is 0 Å². The maximum atomic E-state index is 12.1. The van der Waals surface area contributed by atoms with Gasteiger partial charge in [-0.1, -0.05) is 34.8 Å². The van der Waals surface area contributed by atoms with Gasteiger partial charge in [-0.25, -0.2) is 4.79 Å². The van der Waals surface area contributed by atoms with Gasteiger partial charge in [0.25, 0.3) is 0 Å². The van der Waals surface area contributed by atoms with E-state index in [9.17, 15) is 18.0 Å². The molecule has 0 radical (unpaired) electrons. The van der Waals surface area contributed by atoms with Crippen molar-refractivity contribution in [3.63, 3.8) is 0 Å². The van der Waals surface area contributed by atoms with E-state index >= 15 is 0 Å². The van der Waals surface area contributed by atoms with E-state index in [1.165, 1.54) is 0 Å².